The molecule has 0 spiro atoms. The fourth-order valence-corrected chi connectivity index (χ4v) is 2.40. The van der Waals surface area contributed by atoms with E-state index >= 15 is 0 Å². The lowest BCUT2D eigenvalue weighted by atomic mass is 10.0. The van der Waals surface area contributed by atoms with Gasteiger partial charge in [-0.15, -0.1) is 0 Å². The molecule has 0 unspecified atom stereocenters. The standard InChI is InChI=1S/C15H22N4O2/c1-10(9-16)18(3)14(20)12-5-4-6-13(11(12)2)19-8-7-17-15(19)21/h4-6,10H,7-9,16H2,1-3H3,(H,17,21)/t10-/m0/s1. The Morgan fingerprint density at radius 1 is 1.52 bits per heavy atom. The van der Waals surface area contributed by atoms with Crippen LogP contribution in [0.4, 0.5) is 10.5 Å². The van der Waals surface area contributed by atoms with Crippen molar-refractivity contribution in [3.63, 3.8) is 0 Å². The molecule has 0 radical (unpaired) electrons. The van der Waals surface area contributed by atoms with Crippen LogP contribution in [-0.2, 0) is 0 Å². The first kappa shape index (κ1) is 15.3. The monoisotopic (exact) mass is 290 g/mol. The minimum atomic E-state index is -0.119. The summed E-state index contributed by atoms with van der Waals surface area (Å²) in [5.74, 6) is -0.0769. The van der Waals surface area contributed by atoms with Gasteiger partial charge < -0.3 is 16.0 Å². The second kappa shape index (κ2) is 6.13. The van der Waals surface area contributed by atoms with Crippen molar-refractivity contribution in [2.75, 3.05) is 31.6 Å². The lowest BCUT2D eigenvalue weighted by molar-refractivity contribution is 0.0747. The maximum atomic E-state index is 12.6. The highest BCUT2D eigenvalue weighted by Crippen LogP contribution is 2.25. The number of nitrogens with two attached hydrogens (primary N) is 1. The number of anilines is 1. The molecule has 1 aliphatic heterocycles. The Morgan fingerprint density at radius 3 is 2.81 bits per heavy atom. The molecule has 0 aromatic heterocycles. The number of hydrogen-bond donors (Lipinski definition) is 2. The molecule has 1 aliphatic rings. The summed E-state index contributed by atoms with van der Waals surface area (Å²) in [7, 11) is 1.74. The van der Waals surface area contributed by atoms with E-state index < -0.39 is 0 Å². The second-order valence-electron chi connectivity index (χ2n) is 5.33. The number of carbonyl (C=O) groups is 2. The van der Waals surface area contributed by atoms with E-state index in [9.17, 15) is 9.59 Å². The van der Waals surface area contributed by atoms with Gasteiger partial charge in [0.1, 0.15) is 0 Å². The van der Waals surface area contributed by atoms with Crippen LogP contribution in [0.1, 0.15) is 22.8 Å². The minimum Gasteiger partial charge on any atom is -0.338 e. The highest BCUT2D eigenvalue weighted by Gasteiger charge is 2.25. The predicted molar refractivity (Wildman–Crippen MR) is 82.5 cm³/mol. The summed E-state index contributed by atoms with van der Waals surface area (Å²) in [5, 5.41) is 2.77. The number of amides is 3. The van der Waals surface area contributed by atoms with Crippen LogP contribution in [0.2, 0.25) is 0 Å². The molecule has 1 aromatic rings. The van der Waals surface area contributed by atoms with Crippen molar-refractivity contribution in [3.05, 3.63) is 29.3 Å². The highest BCUT2D eigenvalue weighted by atomic mass is 16.2. The van der Waals surface area contributed by atoms with Crippen LogP contribution in [0.25, 0.3) is 0 Å². The van der Waals surface area contributed by atoms with Crippen LogP contribution >= 0.6 is 0 Å². The number of rotatable bonds is 4. The van der Waals surface area contributed by atoms with Crippen molar-refractivity contribution in [1.29, 1.82) is 0 Å². The van der Waals surface area contributed by atoms with Crippen molar-refractivity contribution in [1.82, 2.24) is 10.2 Å². The summed E-state index contributed by atoms with van der Waals surface area (Å²) in [6, 6.07) is 5.31. The molecule has 1 fully saturated rings. The Morgan fingerprint density at radius 2 is 2.24 bits per heavy atom. The molecule has 0 aliphatic carbocycles. The Hall–Kier alpha value is -2.08. The van der Waals surface area contributed by atoms with Crippen LogP contribution in [-0.4, -0.2) is 49.6 Å². The van der Waals surface area contributed by atoms with Crippen molar-refractivity contribution in [3.8, 4) is 0 Å². The van der Waals surface area contributed by atoms with E-state index in [4.69, 9.17) is 5.73 Å². The maximum absolute atomic E-state index is 12.6. The molecular weight excluding hydrogens is 268 g/mol. The molecule has 114 valence electrons. The van der Waals surface area contributed by atoms with Crippen LogP contribution in [0.3, 0.4) is 0 Å². The van der Waals surface area contributed by atoms with Crippen molar-refractivity contribution in [2.45, 2.75) is 19.9 Å². The first-order valence-corrected chi connectivity index (χ1v) is 7.09. The van der Waals surface area contributed by atoms with Gasteiger partial charge in [0, 0.05) is 44.0 Å². The molecule has 3 amide bonds. The predicted octanol–water partition coefficient (Wildman–Crippen LogP) is 0.944. The summed E-state index contributed by atoms with van der Waals surface area (Å²) in [6.45, 7) is 5.43. The van der Waals surface area contributed by atoms with Crippen LogP contribution in [0, 0.1) is 6.92 Å². The molecule has 6 nitrogen and oxygen atoms in total. The Kier molecular flexibility index (Phi) is 4.47. The Bertz CT molecular complexity index is 559. The van der Waals surface area contributed by atoms with Gasteiger partial charge in [0.25, 0.3) is 5.91 Å². The number of hydrogen-bond acceptors (Lipinski definition) is 3. The van der Waals surface area contributed by atoms with Crippen molar-refractivity contribution in [2.24, 2.45) is 5.73 Å². The Labute approximate surface area is 124 Å². The van der Waals surface area contributed by atoms with Gasteiger partial charge >= 0.3 is 6.03 Å². The third-order valence-electron chi connectivity index (χ3n) is 4.01. The van der Waals surface area contributed by atoms with E-state index in [1.807, 2.05) is 26.0 Å². The fraction of sp³-hybridized carbons (Fsp3) is 0.467. The quantitative estimate of drug-likeness (QED) is 0.866. The zero-order valence-corrected chi connectivity index (χ0v) is 12.7. The molecule has 1 heterocycles. The summed E-state index contributed by atoms with van der Waals surface area (Å²) in [6.07, 6.45) is 0. The zero-order valence-electron chi connectivity index (χ0n) is 12.7. The molecule has 21 heavy (non-hydrogen) atoms. The number of urea groups is 1. The van der Waals surface area contributed by atoms with Crippen LogP contribution in [0.5, 0.6) is 0 Å². The number of nitrogens with one attached hydrogen (secondary N) is 1. The smallest absolute Gasteiger partial charge is 0.322 e. The van der Waals surface area contributed by atoms with E-state index in [-0.39, 0.29) is 18.0 Å². The lowest BCUT2D eigenvalue weighted by Gasteiger charge is -2.26. The van der Waals surface area contributed by atoms with Gasteiger partial charge in [-0.05, 0) is 31.5 Å². The SMILES string of the molecule is Cc1c(C(=O)N(C)[C@@H](C)CN)cccc1N1CCNC1=O. The zero-order chi connectivity index (χ0) is 15.6. The van der Waals surface area contributed by atoms with Gasteiger partial charge in [-0.1, -0.05) is 6.07 Å². The van der Waals surface area contributed by atoms with E-state index in [0.29, 0.717) is 25.2 Å². The van der Waals surface area contributed by atoms with Gasteiger partial charge in [-0.25, -0.2) is 4.79 Å². The normalized spacial score (nSPS) is 15.8. The van der Waals surface area contributed by atoms with Gasteiger partial charge in [-0.2, -0.15) is 0 Å². The number of benzene rings is 1. The molecule has 0 saturated carbocycles. The highest BCUT2D eigenvalue weighted by molar-refractivity contribution is 6.00. The first-order chi connectivity index (χ1) is 9.97. The van der Waals surface area contributed by atoms with Gasteiger partial charge in [0.05, 0.1) is 0 Å². The van der Waals surface area contributed by atoms with Crippen LogP contribution < -0.4 is 16.0 Å². The average Bonchev–Trinajstić information content (AvgIpc) is 2.91. The molecular formula is C15H22N4O2. The maximum Gasteiger partial charge on any atom is 0.322 e. The number of nitrogens with zero attached hydrogens (tertiary/aromatic N) is 2. The lowest BCUT2D eigenvalue weighted by Crippen LogP contribution is -2.40. The summed E-state index contributed by atoms with van der Waals surface area (Å²) in [5.41, 5.74) is 7.82. The first-order valence-electron chi connectivity index (χ1n) is 7.09. The molecule has 0 bridgehead atoms. The molecule has 6 heteroatoms. The summed E-state index contributed by atoms with van der Waals surface area (Å²) >= 11 is 0. The van der Waals surface area contributed by atoms with E-state index in [2.05, 4.69) is 5.32 Å². The minimum absolute atomic E-state index is 0.0318. The summed E-state index contributed by atoms with van der Waals surface area (Å²) < 4.78 is 0. The number of likely N-dealkylation sites (N-methyl/N-ethyl adjacent to an activating group) is 1. The second-order valence-corrected chi connectivity index (χ2v) is 5.33. The third kappa shape index (κ3) is 2.85. The summed E-state index contributed by atoms with van der Waals surface area (Å²) in [4.78, 5) is 27.7. The van der Waals surface area contributed by atoms with Crippen molar-refractivity contribution >= 4 is 17.6 Å². The third-order valence-corrected chi connectivity index (χ3v) is 4.01. The average molecular weight is 290 g/mol. The molecule has 1 aromatic carbocycles. The van der Waals surface area contributed by atoms with E-state index in [0.717, 1.165) is 11.3 Å². The largest absolute Gasteiger partial charge is 0.338 e. The van der Waals surface area contributed by atoms with Gasteiger partial charge in [0.15, 0.2) is 0 Å². The van der Waals surface area contributed by atoms with E-state index in [1.54, 1.807) is 22.9 Å². The molecule has 2 rings (SSSR count). The van der Waals surface area contributed by atoms with Crippen molar-refractivity contribution < 1.29 is 9.59 Å². The van der Waals surface area contributed by atoms with Gasteiger partial charge in [0.2, 0.25) is 0 Å². The van der Waals surface area contributed by atoms with E-state index in [1.165, 1.54) is 0 Å². The van der Waals surface area contributed by atoms with Gasteiger partial charge in [-0.3, -0.25) is 9.69 Å². The molecule has 1 atom stereocenters. The number of carbonyl (C=O) groups excluding carboxylic acids is 2. The Balaban J connectivity index is 2.33. The molecule has 1 saturated heterocycles. The topological polar surface area (TPSA) is 78.7 Å². The fourth-order valence-electron chi connectivity index (χ4n) is 2.40. The van der Waals surface area contributed by atoms with Crippen LogP contribution in [0.15, 0.2) is 18.2 Å². The molecule has 3 N–H and O–H groups in total.